The largest absolute Gasteiger partial charge is 0.471 e. The van der Waals surface area contributed by atoms with Crippen molar-refractivity contribution in [3.63, 3.8) is 0 Å². The molecular weight excluding hydrogens is 334 g/mol. The topological polar surface area (TPSA) is 82.0 Å². The minimum atomic E-state index is -3.21. The Morgan fingerprint density at radius 3 is 2.57 bits per heavy atom. The predicted octanol–water partition coefficient (Wildman–Crippen LogP) is 2.58. The lowest BCUT2D eigenvalue weighted by molar-refractivity contribution is 0.296. The Morgan fingerprint density at radius 2 is 1.91 bits per heavy atom. The number of hydrogen-bond acceptors (Lipinski definition) is 7. The zero-order chi connectivity index (χ0) is 16.3. The third-order valence-corrected chi connectivity index (χ3v) is 4.89. The predicted molar refractivity (Wildman–Crippen MR) is 87.0 cm³/mol. The van der Waals surface area contributed by atoms with Crippen LogP contribution >= 0.6 is 11.5 Å². The van der Waals surface area contributed by atoms with Gasteiger partial charge in [0.05, 0.1) is 27.9 Å². The maximum Gasteiger partial charge on any atom is 0.233 e. The van der Waals surface area contributed by atoms with Crippen molar-refractivity contribution in [1.29, 1.82) is 0 Å². The molecule has 2 heterocycles. The summed E-state index contributed by atoms with van der Waals surface area (Å²) in [4.78, 5) is 9.76. The average Bonchev–Trinajstić information content (AvgIpc) is 3.06. The van der Waals surface area contributed by atoms with Crippen molar-refractivity contribution in [2.45, 2.75) is 11.5 Å². The molecule has 0 amide bonds. The monoisotopic (exact) mass is 347 g/mol. The Morgan fingerprint density at radius 1 is 1.13 bits per heavy atom. The van der Waals surface area contributed by atoms with Crippen LogP contribution in [0.15, 0.2) is 53.8 Å². The number of nitrogens with zero attached hydrogens (tertiary/aromatic N) is 3. The van der Waals surface area contributed by atoms with E-state index in [9.17, 15) is 8.42 Å². The van der Waals surface area contributed by atoms with Crippen LogP contribution in [0.25, 0.3) is 11.3 Å². The first kappa shape index (κ1) is 15.6. The van der Waals surface area contributed by atoms with Crippen LogP contribution in [0.4, 0.5) is 0 Å². The summed E-state index contributed by atoms with van der Waals surface area (Å²) in [5.74, 6) is 0.406. The molecule has 0 aliphatic rings. The SMILES string of the molecule is CS(=O)(=O)c1ccc(-c2cncc(OCc3ccns3)n2)cc1. The molecule has 0 aliphatic carbocycles. The van der Waals surface area contributed by atoms with Gasteiger partial charge in [-0.2, -0.15) is 0 Å². The number of sulfone groups is 1. The van der Waals surface area contributed by atoms with E-state index in [4.69, 9.17) is 4.74 Å². The van der Waals surface area contributed by atoms with Crippen LogP contribution in [0.1, 0.15) is 4.88 Å². The highest BCUT2D eigenvalue weighted by atomic mass is 32.2. The smallest absolute Gasteiger partial charge is 0.233 e. The fourth-order valence-corrected chi connectivity index (χ4v) is 3.01. The summed E-state index contributed by atoms with van der Waals surface area (Å²) in [5.41, 5.74) is 1.39. The van der Waals surface area contributed by atoms with Gasteiger partial charge in [0.2, 0.25) is 5.88 Å². The molecule has 118 valence electrons. The first-order chi connectivity index (χ1) is 11.0. The second-order valence-electron chi connectivity index (χ2n) is 4.81. The molecule has 0 spiro atoms. The zero-order valence-electron chi connectivity index (χ0n) is 12.2. The van der Waals surface area contributed by atoms with Crippen molar-refractivity contribution in [3.8, 4) is 17.1 Å². The lowest BCUT2D eigenvalue weighted by Crippen LogP contribution is -1.98. The van der Waals surface area contributed by atoms with Crippen molar-refractivity contribution in [3.05, 3.63) is 53.8 Å². The Kier molecular flexibility index (Phi) is 4.35. The fraction of sp³-hybridized carbons (Fsp3) is 0.133. The Labute approximate surface area is 137 Å². The zero-order valence-corrected chi connectivity index (χ0v) is 13.8. The molecule has 1 aromatic carbocycles. The van der Waals surface area contributed by atoms with E-state index in [1.165, 1.54) is 24.0 Å². The molecule has 0 saturated heterocycles. The van der Waals surface area contributed by atoms with E-state index in [1.807, 2.05) is 6.07 Å². The third kappa shape index (κ3) is 3.91. The highest BCUT2D eigenvalue weighted by Crippen LogP contribution is 2.21. The highest BCUT2D eigenvalue weighted by Gasteiger charge is 2.08. The normalized spacial score (nSPS) is 11.3. The summed E-state index contributed by atoms with van der Waals surface area (Å²) in [6, 6.07) is 8.39. The summed E-state index contributed by atoms with van der Waals surface area (Å²) in [7, 11) is -3.21. The lowest BCUT2D eigenvalue weighted by Gasteiger charge is -2.06. The van der Waals surface area contributed by atoms with Crippen LogP contribution in [0.3, 0.4) is 0 Å². The van der Waals surface area contributed by atoms with E-state index in [-0.39, 0.29) is 4.90 Å². The van der Waals surface area contributed by atoms with E-state index in [2.05, 4.69) is 14.3 Å². The molecule has 3 rings (SSSR count). The molecule has 2 aromatic heterocycles. The standard InChI is InChI=1S/C15H13N3O3S2/c1-23(19,20)13-4-2-11(3-5-13)14-8-16-9-15(18-14)21-10-12-6-7-17-22-12/h2-9H,10H2,1H3. The second kappa shape index (κ2) is 6.43. The van der Waals surface area contributed by atoms with Crippen molar-refractivity contribution in [2.24, 2.45) is 0 Å². The maximum atomic E-state index is 11.5. The molecule has 0 bridgehead atoms. The number of aromatic nitrogens is 3. The molecule has 0 radical (unpaired) electrons. The molecular formula is C15H13N3O3S2. The first-order valence-corrected chi connectivity index (χ1v) is 9.34. The van der Waals surface area contributed by atoms with Gasteiger partial charge in [0.1, 0.15) is 6.61 Å². The van der Waals surface area contributed by atoms with Crippen molar-refractivity contribution in [2.75, 3.05) is 6.26 Å². The van der Waals surface area contributed by atoms with E-state index in [0.29, 0.717) is 18.2 Å². The van der Waals surface area contributed by atoms with Crippen LogP contribution in [0, 0.1) is 0 Å². The van der Waals surface area contributed by atoms with Crippen LogP contribution in [0.2, 0.25) is 0 Å². The van der Waals surface area contributed by atoms with E-state index in [0.717, 1.165) is 10.4 Å². The van der Waals surface area contributed by atoms with Crippen LogP contribution in [-0.2, 0) is 16.4 Å². The molecule has 0 unspecified atom stereocenters. The van der Waals surface area contributed by atoms with Crippen LogP contribution in [0.5, 0.6) is 5.88 Å². The Bertz CT molecular complexity index is 892. The van der Waals surface area contributed by atoms with Gasteiger partial charge in [0.15, 0.2) is 9.84 Å². The van der Waals surface area contributed by atoms with Crippen molar-refractivity contribution < 1.29 is 13.2 Å². The molecule has 0 N–H and O–H groups in total. The molecule has 6 nitrogen and oxygen atoms in total. The summed E-state index contributed by atoms with van der Waals surface area (Å²) in [6.45, 7) is 0.385. The van der Waals surface area contributed by atoms with Crippen LogP contribution < -0.4 is 4.74 Å². The number of hydrogen-bond donors (Lipinski definition) is 0. The number of rotatable bonds is 5. The Balaban J connectivity index is 1.79. The minimum Gasteiger partial charge on any atom is -0.471 e. The van der Waals surface area contributed by atoms with Gasteiger partial charge in [-0.15, -0.1) is 0 Å². The summed E-state index contributed by atoms with van der Waals surface area (Å²) in [5, 5.41) is 0. The maximum absolute atomic E-state index is 11.5. The Hall–Kier alpha value is -2.32. The van der Waals surface area contributed by atoms with Crippen molar-refractivity contribution in [1.82, 2.24) is 14.3 Å². The van der Waals surface area contributed by atoms with Gasteiger partial charge in [-0.3, -0.25) is 4.98 Å². The summed E-state index contributed by atoms with van der Waals surface area (Å²) in [6.07, 6.45) is 6.04. The highest BCUT2D eigenvalue weighted by molar-refractivity contribution is 7.90. The van der Waals surface area contributed by atoms with Crippen molar-refractivity contribution >= 4 is 21.4 Å². The van der Waals surface area contributed by atoms with E-state index < -0.39 is 9.84 Å². The molecule has 3 aromatic rings. The molecule has 8 heteroatoms. The summed E-state index contributed by atoms with van der Waals surface area (Å²) < 4.78 is 32.6. The van der Waals surface area contributed by atoms with Crippen LogP contribution in [-0.4, -0.2) is 29.0 Å². The van der Waals surface area contributed by atoms with Gasteiger partial charge in [0, 0.05) is 18.0 Å². The van der Waals surface area contributed by atoms with Gasteiger partial charge in [-0.1, -0.05) is 12.1 Å². The quantitative estimate of drug-likeness (QED) is 0.705. The van der Waals surface area contributed by atoms with Gasteiger partial charge in [0.25, 0.3) is 0 Å². The average molecular weight is 347 g/mol. The molecule has 0 atom stereocenters. The van der Waals surface area contributed by atoms with E-state index in [1.54, 1.807) is 36.7 Å². The molecule has 23 heavy (non-hydrogen) atoms. The molecule has 0 saturated carbocycles. The number of benzene rings is 1. The van der Waals surface area contributed by atoms with Gasteiger partial charge in [-0.25, -0.2) is 17.8 Å². The lowest BCUT2D eigenvalue weighted by atomic mass is 10.2. The van der Waals surface area contributed by atoms with Gasteiger partial charge < -0.3 is 4.74 Å². The van der Waals surface area contributed by atoms with Gasteiger partial charge in [-0.05, 0) is 29.7 Å². The minimum absolute atomic E-state index is 0.270. The van der Waals surface area contributed by atoms with Gasteiger partial charge >= 0.3 is 0 Å². The van der Waals surface area contributed by atoms with E-state index >= 15 is 0 Å². The second-order valence-corrected chi connectivity index (χ2v) is 7.74. The molecule has 0 aliphatic heterocycles. The third-order valence-electron chi connectivity index (χ3n) is 3.04. The first-order valence-electron chi connectivity index (χ1n) is 6.67. The number of ether oxygens (including phenoxy) is 1. The molecule has 0 fully saturated rings. The fourth-order valence-electron chi connectivity index (χ4n) is 1.89. The summed E-state index contributed by atoms with van der Waals surface area (Å²) >= 11 is 1.37.